The van der Waals surface area contributed by atoms with Crippen LogP contribution in [-0.4, -0.2) is 25.2 Å². The minimum Gasteiger partial charge on any atom is -0.493 e. The maximum Gasteiger partial charge on any atom is 0.255 e. The maximum atomic E-state index is 11.0. The highest BCUT2D eigenvalue weighted by atomic mass is 79.9. The van der Waals surface area contributed by atoms with Gasteiger partial charge in [0.2, 0.25) is 0 Å². The number of nitrogens with one attached hydrogen (secondary N) is 1. The minimum atomic E-state index is -0.508. The van der Waals surface area contributed by atoms with E-state index in [2.05, 4.69) is 21.2 Å². The van der Waals surface area contributed by atoms with Gasteiger partial charge in [-0.1, -0.05) is 0 Å². The monoisotopic (exact) mass is 422 g/mol. The summed E-state index contributed by atoms with van der Waals surface area (Å²) in [5.74, 6) is 3.41. The van der Waals surface area contributed by atoms with Gasteiger partial charge in [-0.25, -0.2) is 0 Å². The van der Waals surface area contributed by atoms with E-state index in [4.69, 9.17) is 15.2 Å². The summed E-state index contributed by atoms with van der Waals surface area (Å²) >= 11 is 3.54. The summed E-state index contributed by atoms with van der Waals surface area (Å²) in [4.78, 5) is 11.0. The molecule has 0 spiro atoms. The molecule has 4 aliphatic rings. The first-order valence-corrected chi connectivity index (χ1v) is 10.3. The number of rotatable bonds is 7. The SMILES string of the molecule is COc1cc(CNC23CC4CC(CC(C4)C2)C3)cc(Br)c1OCC(N)=O. The molecule has 4 aliphatic carbocycles. The number of carbonyl (C=O) groups excluding carboxylic acids is 1. The number of ether oxygens (including phenoxy) is 2. The van der Waals surface area contributed by atoms with Gasteiger partial charge in [-0.3, -0.25) is 4.79 Å². The first kappa shape index (κ1) is 18.1. The normalized spacial score (nSPS) is 31.8. The van der Waals surface area contributed by atoms with Gasteiger partial charge in [0.05, 0.1) is 11.6 Å². The molecule has 0 heterocycles. The van der Waals surface area contributed by atoms with E-state index < -0.39 is 5.91 Å². The molecule has 0 aliphatic heterocycles. The lowest BCUT2D eigenvalue weighted by molar-refractivity contribution is -0.119. The predicted molar refractivity (Wildman–Crippen MR) is 103 cm³/mol. The number of methoxy groups -OCH3 is 1. The smallest absolute Gasteiger partial charge is 0.255 e. The Bertz CT molecular complexity index is 671. The summed E-state index contributed by atoms with van der Waals surface area (Å²) in [7, 11) is 1.61. The molecular weight excluding hydrogens is 396 g/mol. The second-order valence-electron chi connectivity index (χ2n) is 8.42. The molecule has 4 saturated carbocycles. The summed E-state index contributed by atoms with van der Waals surface area (Å²) in [6.07, 6.45) is 8.34. The van der Waals surface area contributed by atoms with E-state index in [1.165, 1.54) is 38.5 Å². The van der Waals surface area contributed by atoms with Gasteiger partial charge in [0.15, 0.2) is 18.1 Å². The van der Waals surface area contributed by atoms with Crippen molar-refractivity contribution in [1.82, 2.24) is 5.32 Å². The highest BCUT2D eigenvalue weighted by molar-refractivity contribution is 9.10. The van der Waals surface area contributed by atoms with E-state index in [-0.39, 0.29) is 6.61 Å². The number of amides is 1. The van der Waals surface area contributed by atoms with Crippen molar-refractivity contribution in [3.05, 3.63) is 22.2 Å². The summed E-state index contributed by atoms with van der Waals surface area (Å²) in [5, 5.41) is 3.90. The van der Waals surface area contributed by atoms with Gasteiger partial charge in [-0.05, 0) is 89.9 Å². The van der Waals surface area contributed by atoms with Crippen LogP contribution in [0.3, 0.4) is 0 Å². The first-order valence-electron chi connectivity index (χ1n) is 9.49. The molecule has 0 unspecified atom stereocenters. The molecule has 0 atom stereocenters. The predicted octanol–water partition coefficient (Wildman–Crippen LogP) is 3.38. The Morgan fingerprint density at radius 2 is 1.85 bits per heavy atom. The number of primary amides is 1. The zero-order chi connectivity index (χ0) is 18.3. The van der Waals surface area contributed by atoms with Gasteiger partial charge in [-0.2, -0.15) is 0 Å². The number of nitrogens with two attached hydrogens (primary N) is 1. The topological polar surface area (TPSA) is 73.6 Å². The fraction of sp³-hybridized carbons (Fsp3) is 0.650. The van der Waals surface area contributed by atoms with Crippen LogP contribution in [0.4, 0.5) is 0 Å². The number of halogens is 1. The van der Waals surface area contributed by atoms with E-state index in [9.17, 15) is 4.79 Å². The molecule has 1 amide bonds. The minimum absolute atomic E-state index is 0.167. The van der Waals surface area contributed by atoms with Crippen LogP contribution in [0.5, 0.6) is 11.5 Å². The van der Waals surface area contributed by atoms with Crippen LogP contribution in [0.1, 0.15) is 44.1 Å². The van der Waals surface area contributed by atoms with Crippen molar-refractivity contribution < 1.29 is 14.3 Å². The van der Waals surface area contributed by atoms with Crippen molar-refractivity contribution in [3.63, 3.8) is 0 Å². The van der Waals surface area contributed by atoms with Crippen LogP contribution in [0.2, 0.25) is 0 Å². The molecule has 3 N–H and O–H groups in total. The lowest BCUT2D eigenvalue weighted by Crippen LogP contribution is -2.58. The fourth-order valence-corrected chi connectivity index (χ4v) is 6.38. The van der Waals surface area contributed by atoms with Crippen LogP contribution in [0.15, 0.2) is 16.6 Å². The van der Waals surface area contributed by atoms with Gasteiger partial charge >= 0.3 is 0 Å². The quantitative estimate of drug-likeness (QED) is 0.705. The molecule has 5 rings (SSSR count). The average Bonchev–Trinajstić information content (AvgIpc) is 2.57. The van der Waals surface area contributed by atoms with Crippen molar-refractivity contribution in [1.29, 1.82) is 0 Å². The third kappa shape index (κ3) is 3.58. The molecule has 142 valence electrons. The molecule has 0 aromatic heterocycles. The summed E-state index contributed by atoms with van der Waals surface area (Å²) in [6.45, 7) is 0.650. The first-order chi connectivity index (χ1) is 12.5. The van der Waals surface area contributed by atoms with E-state index in [0.29, 0.717) is 17.0 Å². The van der Waals surface area contributed by atoms with Crippen molar-refractivity contribution in [3.8, 4) is 11.5 Å². The molecule has 4 fully saturated rings. The van der Waals surface area contributed by atoms with E-state index in [0.717, 1.165) is 34.3 Å². The van der Waals surface area contributed by atoms with Crippen molar-refractivity contribution in [2.75, 3.05) is 13.7 Å². The lowest BCUT2D eigenvalue weighted by Gasteiger charge is -2.57. The number of hydrogen-bond acceptors (Lipinski definition) is 4. The Morgan fingerprint density at radius 1 is 1.23 bits per heavy atom. The molecular formula is C20H27BrN2O3. The molecule has 1 aromatic carbocycles. The van der Waals surface area contributed by atoms with Gasteiger partial charge in [-0.15, -0.1) is 0 Å². The third-order valence-electron chi connectivity index (χ3n) is 6.35. The van der Waals surface area contributed by atoms with Crippen molar-refractivity contribution in [2.24, 2.45) is 23.5 Å². The molecule has 6 heteroatoms. The van der Waals surface area contributed by atoms with E-state index >= 15 is 0 Å². The zero-order valence-corrected chi connectivity index (χ0v) is 16.8. The Morgan fingerprint density at radius 3 is 2.38 bits per heavy atom. The summed E-state index contributed by atoms with van der Waals surface area (Å²) < 4.78 is 11.7. The second-order valence-corrected chi connectivity index (χ2v) is 9.27. The Hall–Kier alpha value is -1.27. The largest absolute Gasteiger partial charge is 0.493 e. The second kappa shape index (κ2) is 7.04. The standard InChI is InChI=1S/C20H27BrN2O3/c1-25-17-6-15(5-16(21)19(17)26-11-18(22)24)10-23-20-7-12-2-13(8-20)4-14(3-12)9-20/h5-6,12-14,23H,2-4,7-11H2,1H3,(H2,22,24). The van der Waals surface area contributed by atoms with Gasteiger partial charge < -0.3 is 20.5 Å². The third-order valence-corrected chi connectivity index (χ3v) is 6.94. The molecule has 5 nitrogen and oxygen atoms in total. The van der Waals surface area contributed by atoms with Crippen LogP contribution in [-0.2, 0) is 11.3 Å². The molecule has 0 saturated heterocycles. The Labute approximate surface area is 163 Å². The Kier molecular flexibility index (Phi) is 4.90. The molecule has 1 aromatic rings. The van der Waals surface area contributed by atoms with Crippen LogP contribution in [0.25, 0.3) is 0 Å². The van der Waals surface area contributed by atoms with E-state index in [1.54, 1.807) is 7.11 Å². The number of hydrogen-bond donors (Lipinski definition) is 2. The van der Waals surface area contributed by atoms with Crippen LogP contribution in [0, 0.1) is 17.8 Å². The van der Waals surface area contributed by atoms with E-state index in [1.807, 2.05) is 12.1 Å². The van der Waals surface area contributed by atoms with Gasteiger partial charge in [0.1, 0.15) is 0 Å². The Balaban J connectivity index is 1.47. The van der Waals surface area contributed by atoms with Gasteiger partial charge in [0, 0.05) is 12.1 Å². The number of benzene rings is 1. The van der Waals surface area contributed by atoms with Crippen LogP contribution < -0.4 is 20.5 Å². The highest BCUT2D eigenvalue weighted by Crippen LogP contribution is 2.55. The molecule has 26 heavy (non-hydrogen) atoms. The highest BCUT2D eigenvalue weighted by Gasteiger charge is 2.50. The van der Waals surface area contributed by atoms with Crippen molar-refractivity contribution in [2.45, 2.75) is 50.6 Å². The maximum absolute atomic E-state index is 11.0. The average molecular weight is 423 g/mol. The van der Waals surface area contributed by atoms with Crippen LogP contribution >= 0.6 is 15.9 Å². The molecule has 0 radical (unpaired) electrons. The van der Waals surface area contributed by atoms with Gasteiger partial charge in [0.25, 0.3) is 5.91 Å². The summed E-state index contributed by atoms with van der Waals surface area (Å²) in [5.41, 5.74) is 6.65. The summed E-state index contributed by atoms with van der Waals surface area (Å²) in [6, 6.07) is 4.01. The van der Waals surface area contributed by atoms with Crippen molar-refractivity contribution >= 4 is 21.8 Å². The lowest BCUT2D eigenvalue weighted by atomic mass is 9.53. The number of carbonyl (C=O) groups is 1. The molecule has 4 bridgehead atoms. The fourth-order valence-electron chi connectivity index (χ4n) is 5.78. The zero-order valence-electron chi connectivity index (χ0n) is 15.2.